The summed E-state index contributed by atoms with van der Waals surface area (Å²) >= 11 is 6.06. The van der Waals surface area contributed by atoms with E-state index in [1.165, 1.54) is 0 Å². The van der Waals surface area contributed by atoms with Crippen LogP contribution in [0.5, 0.6) is 5.75 Å². The molecule has 1 aliphatic rings. The first-order chi connectivity index (χ1) is 10.6. The molecule has 0 saturated carbocycles. The Bertz CT molecular complexity index is 746. The third-order valence-corrected chi connectivity index (χ3v) is 3.66. The highest BCUT2D eigenvalue weighted by molar-refractivity contribution is 6.31. The molecule has 2 amide bonds. The monoisotopic (exact) mass is 316 g/mol. The highest BCUT2D eigenvalue weighted by Crippen LogP contribution is 2.31. The summed E-state index contributed by atoms with van der Waals surface area (Å²) in [5.74, 6) is -0.0913. The molecule has 3 rings (SSSR count). The predicted octanol–water partition coefficient (Wildman–Crippen LogP) is 2.60. The second kappa shape index (κ2) is 6.07. The summed E-state index contributed by atoms with van der Waals surface area (Å²) in [6.07, 6.45) is 0. The number of rotatable bonds is 3. The smallest absolute Gasteiger partial charge is 0.262 e. The van der Waals surface area contributed by atoms with Gasteiger partial charge in [-0.1, -0.05) is 35.9 Å². The van der Waals surface area contributed by atoms with Crippen molar-refractivity contribution in [2.75, 3.05) is 11.9 Å². The minimum atomic E-state index is -0.303. The summed E-state index contributed by atoms with van der Waals surface area (Å²) in [5.41, 5.74) is 1.58. The van der Waals surface area contributed by atoms with Crippen LogP contribution in [0.4, 0.5) is 5.69 Å². The Labute approximate surface area is 132 Å². The second-order valence-corrected chi connectivity index (χ2v) is 5.20. The summed E-state index contributed by atoms with van der Waals surface area (Å²) in [7, 11) is 0. The van der Waals surface area contributed by atoms with Crippen LogP contribution in [-0.2, 0) is 11.3 Å². The average Bonchev–Trinajstić information content (AvgIpc) is 2.53. The number of hydrogen-bond acceptors (Lipinski definition) is 3. The fourth-order valence-corrected chi connectivity index (χ4v) is 2.40. The lowest BCUT2D eigenvalue weighted by atomic mass is 10.1. The number of anilines is 1. The number of fused-ring (bicyclic) bond motifs is 1. The van der Waals surface area contributed by atoms with Crippen molar-refractivity contribution in [3.63, 3.8) is 0 Å². The molecule has 0 saturated heterocycles. The van der Waals surface area contributed by atoms with E-state index in [0.717, 1.165) is 5.56 Å². The molecule has 6 heteroatoms. The minimum absolute atomic E-state index is 0.0440. The van der Waals surface area contributed by atoms with E-state index in [2.05, 4.69) is 10.6 Å². The minimum Gasteiger partial charge on any atom is -0.482 e. The lowest BCUT2D eigenvalue weighted by Gasteiger charge is -2.20. The standard InChI is InChI=1S/C16H13ClN2O3/c17-12-6-2-1-4-10(12)8-18-16(21)11-5-3-7-13-15(11)19-14(20)9-22-13/h1-7H,8-9H2,(H,18,21)(H,19,20). The van der Waals surface area contributed by atoms with Gasteiger partial charge in [-0.15, -0.1) is 0 Å². The Hall–Kier alpha value is -2.53. The van der Waals surface area contributed by atoms with Gasteiger partial charge in [0.15, 0.2) is 6.61 Å². The molecule has 0 bridgehead atoms. The van der Waals surface area contributed by atoms with Gasteiger partial charge in [0.25, 0.3) is 11.8 Å². The SMILES string of the molecule is O=C1COc2cccc(C(=O)NCc3ccccc3Cl)c2N1. The summed E-state index contributed by atoms with van der Waals surface area (Å²) in [5, 5.41) is 6.05. The Kier molecular flexibility index (Phi) is 3.98. The van der Waals surface area contributed by atoms with Gasteiger partial charge in [-0.25, -0.2) is 0 Å². The van der Waals surface area contributed by atoms with Gasteiger partial charge in [-0.3, -0.25) is 9.59 Å². The molecule has 1 aliphatic heterocycles. The Morgan fingerprint density at radius 1 is 1.23 bits per heavy atom. The van der Waals surface area contributed by atoms with Crippen LogP contribution in [0.25, 0.3) is 0 Å². The molecular weight excluding hydrogens is 304 g/mol. The highest BCUT2D eigenvalue weighted by atomic mass is 35.5. The molecule has 2 aromatic carbocycles. The number of hydrogen-bond donors (Lipinski definition) is 2. The molecule has 0 radical (unpaired) electrons. The van der Waals surface area contributed by atoms with Gasteiger partial charge in [0.2, 0.25) is 0 Å². The average molecular weight is 317 g/mol. The van der Waals surface area contributed by atoms with E-state index in [9.17, 15) is 9.59 Å². The number of benzene rings is 2. The van der Waals surface area contributed by atoms with Crippen LogP contribution in [0.2, 0.25) is 5.02 Å². The fourth-order valence-electron chi connectivity index (χ4n) is 2.20. The van der Waals surface area contributed by atoms with Crippen molar-refractivity contribution >= 4 is 29.1 Å². The van der Waals surface area contributed by atoms with Crippen LogP contribution < -0.4 is 15.4 Å². The van der Waals surface area contributed by atoms with Crippen LogP contribution >= 0.6 is 11.6 Å². The molecule has 2 aromatic rings. The van der Waals surface area contributed by atoms with Crippen molar-refractivity contribution in [3.8, 4) is 5.75 Å². The number of para-hydroxylation sites is 1. The van der Waals surface area contributed by atoms with Crippen LogP contribution in [0, 0.1) is 0 Å². The summed E-state index contributed by atoms with van der Waals surface area (Å²) in [4.78, 5) is 23.8. The van der Waals surface area contributed by atoms with Crippen molar-refractivity contribution in [2.45, 2.75) is 6.54 Å². The largest absolute Gasteiger partial charge is 0.482 e. The van der Waals surface area contributed by atoms with Crippen LogP contribution in [-0.4, -0.2) is 18.4 Å². The number of amides is 2. The maximum absolute atomic E-state index is 12.3. The van der Waals surface area contributed by atoms with Gasteiger partial charge in [0.1, 0.15) is 5.75 Å². The van der Waals surface area contributed by atoms with Crippen molar-refractivity contribution in [2.24, 2.45) is 0 Å². The lowest BCUT2D eigenvalue weighted by Crippen LogP contribution is -2.29. The molecule has 0 atom stereocenters. The molecule has 0 spiro atoms. The maximum atomic E-state index is 12.3. The Balaban J connectivity index is 1.79. The molecule has 2 N–H and O–H groups in total. The van der Waals surface area contributed by atoms with Gasteiger partial charge in [-0.2, -0.15) is 0 Å². The molecule has 0 aliphatic carbocycles. The van der Waals surface area contributed by atoms with E-state index in [0.29, 0.717) is 28.6 Å². The molecular formula is C16H13ClN2O3. The molecule has 5 nitrogen and oxygen atoms in total. The first kappa shape index (κ1) is 14.4. The first-order valence-electron chi connectivity index (χ1n) is 6.72. The van der Waals surface area contributed by atoms with Gasteiger partial charge < -0.3 is 15.4 Å². The van der Waals surface area contributed by atoms with Crippen molar-refractivity contribution in [1.82, 2.24) is 5.32 Å². The summed E-state index contributed by atoms with van der Waals surface area (Å²) in [6, 6.07) is 12.3. The second-order valence-electron chi connectivity index (χ2n) is 4.79. The fraction of sp³-hybridized carbons (Fsp3) is 0.125. The number of carbonyl (C=O) groups excluding carboxylic acids is 2. The van der Waals surface area contributed by atoms with Crippen LogP contribution in [0.3, 0.4) is 0 Å². The Morgan fingerprint density at radius 2 is 2.05 bits per heavy atom. The first-order valence-corrected chi connectivity index (χ1v) is 7.10. The number of carbonyl (C=O) groups is 2. The topological polar surface area (TPSA) is 67.4 Å². The zero-order chi connectivity index (χ0) is 15.5. The quantitative estimate of drug-likeness (QED) is 0.914. The van der Waals surface area contributed by atoms with E-state index >= 15 is 0 Å². The number of nitrogens with one attached hydrogen (secondary N) is 2. The lowest BCUT2D eigenvalue weighted by molar-refractivity contribution is -0.118. The zero-order valence-electron chi connectivity index (χ0n) is 11.6. The van der Waals surface area contributed by atoms with Gasteiger partial charge in [0.05, 0.1) is 11.3 Å². The highest BCUT2D eigenvalue weighted by Gasteiger charge is 2.22. The van der Waals surface area contributed by atoms with Crippen LogP contribution in [0.1, 0.15) is 15.9 Å². The van der Waals surface area contributed by atoms with Crippen molar-refractivity contribution in [1.29, 1.82) is 0 Å². The van der Waals surface area contributed by atoms with E-state index in [4.69, 9.17) is 16.3 Å². The third kappa shape index (κ3) is 2.89. The van der Waals surface area contributed by atoms with Gasteiger partial charge in [0, 0.05) is 11.6 Å². The molecule has 22 heavy (non-hydrogen) atoms. The number of ether oxygens (including phenoxy) is 1. The Morgan fingerprint density at radius 3 is 2.86 bits per heavy atom. The zero-order valence-corrected chi connectivity index (χ0v) is 12.3. The molecule has 0 unspecified atom stereocenters. The van der Waals surface area contributed by atoms with E-state index in [1.807, 2.05) is 18.2 Å². The summed E-state index contributed by atoms with van der Waals surface area (Å²) in [6.45, 7) is 0.259. The summed E-state index contributed by atoms with van der Waals surface area (Å²) < 4.78 is 5.30. The maximum Gasteiger partial charge on any atom is 0.262 e. The van der Waals surface area contributed by atoms with E-state index in [-0.39, 0.29) is 18.4 Å². The van der Waals surface area contributed by atoms with Crippen molar-refractivity contribution in [3.05, 3.63) is 58.6 Å². The molecule has 1 heterocycles. The third-order valence-electron chi connectivity index (χ3n) is 3.29. The molecule has 0 aromatic heterocycles. The van der Waals surface area contributed by atoms with Gasteiger partial charge in [-0.05, 0) is 23.8 Å². The van der Waals surface area contributed by atoms with Crippen molar-refractivity contribution < 1.29 is 14.3 Å². The molecule has 112 valence electrons. The molecule has 0 fully saturated rings. The predicted molar refractivity (Wildman–Crippen MR) is 83.2 cm³/mol. The van der Waals surface area contributed by atoms with E-state index < -0.39 is 0 Å². The normalized spacial score (nSPS) is 12.9. The number of halogens is 1. The van der Waals surface area contributed by atoms with Crippen LogP contribution in [0.15, 0.2) is 42.5 Å². The van der Waals surface area contributed by atoms with Gasteiger partial charge >= 0.3 is 0 Å². The van der Waals surface area contributed by atoms with E-state index in [1.54, 1.807) is 24.3 Å².